The molecule has 0 amide bonds. The third-order valence-corrected chi connectivity index (χ3v) is 6.30. The lowest BCUT2D eigenvalue weighted by Gasteiger charge is -2.15. The van der Waals surface area contributed by atoms with Crippen LogP contribution in [0.5, 0.6) is 0 Å². The highest BCUT2D eigenvalue weighted by atomic mass is 35.5. The normalized spacial score (nSPS) is 16.6. The summed E-state index contributed by atoms with van der Waals surface area (Å²) in [6, 6.07) is 22.5. The van der Waals surface area contributed by atoms with Gasteiger partial charge in [-0.25, -0.2) is 0 Å². The summed E-state index contributed by atoms with van der Waals surface area (Å²) in [7, 11) is 0. The molecule has 0 radical (unpaired) electrons. The SMILES string of the molecule is O=C1/C(=C\c2ccc(-c3ccccc3Cl)o2)CCC/C1=C\c1ccc(-c2ccccc2Cl)o1. The summed E-state index contributed by atoms with van der Waals surface area (Å²) < 4.78 is 11.9. The molecule has 3 nitrogen and oxygen atoms in total. The van der Waals surface area contributed by atoms with E-state index in [1.54, 1.807) is 0 Å². The minimum atomic E-state index is 0.0210. The van der Waals surface area contributed by atoms with E-state index in [-0.39, 0.29) is 5.78 Å². The Hall–Kier alpha value is -3.27. The molecular formula is C28H20Cl2O3. The number of hydrogen-bond donors (Lipinski definition) is 0. The van der Waals surface area contributed by atoms with Gasteiger partial charge in [-0.3, -0.25) is 4.79 Å². The van der Waals surface area contributed by atoms with Gasteiger partial charge in [0.2, 0.25) is 0 Å². The van der Waals surface area contributed by atoms with Crippen LogP contribution in [0.3, 0.4) is 0 Å². The number of ketones is 1. The average Bonchev–Trinajstić information content (AvgIpc) is 3.47. The Balaban J connectivity index is 1.38. The van der Waals surface area contributed by atoms with Gasteiger partial charge in [0.05, 0.1) is 10.0 Å². The topological polar surface area (TPSA) is 43.4 Å². The van der Waals surface area contributed by atoms with Crippen LogP contribution in [-0.4, -0.2) is 5.78 Å². The first-order valence-electron chi connectivity index (χ1n) is 10.7. The van der Waals surface area contributed by atoms with Crippen LogP contribution >= 0.6 is 23.2 Å². The van der Waals surface area contributed by atoms with Crippen molar-refractivity contribution in [3.05, 3.63) is 106 Å². The third kappa shape index (κ3) is 4.61. The zero-order valence-electron chi connectivity index (χ0n) is 17.7. The van der Waals surface area contributed by atoms with Crippen LogP contribution in [0.2, 0.25) is 10.0 Å². The molecule has 33 heavy (non-hydrogen) atoms. The fourth-order valence-electron chi connectivity index (χ4n) is 3.99. The smallest absolute Gasteiger partial charge is 0.185 e. The molecule has 4 aromatic rings. The standard InChI is InChI=1S/C28H20Cl2O3/c29-24-10-3-1-8-22(24)26-14-12-20(32-26)16-18-6-5-7-19(28(18)31)17-21-13-15-27(33-21)23-9-2-4-11-25(23)30/h1-4,8-17H,5-7H2/b18-16-,19-17+. The maximum atomic E-state index is 13.1. The van der Waals surface area contributed by atoms with Gasteiger partial charge in [0, 0.05) is 22.3 Å². The van der Waals surface area contributed by atoms with Crippen molar-refractivity contribution in [2.24, 2.45) is 0 Å². The molecule has 1 aliphatic carbocycles. The van der Waals surface area contributed by atoms with E-state index in [1.165, 1.54) is 0 Å². The summed E-state index contributed by atoms with van der Waals surface area (Å²) in [6.45, 7) is 0. The first kappa shape index (κ1) is 21.6. The van der Waals surface area contributed by atoms with Gasteiger partial charge in [-0.2, -0.15) is 0 Å². The van der Waals surface area contributed by atoms with Gasteiger partial charge in [-0.05, 0) is 79.9 Å². The van der Waals surface area contributed by atoms with Gasteiger partial charge in [0.1, 0.15) is 23.0 Å². The van der Waals surface area contributed by atoms with Crippen LogP contribution < -0.4 is 0 Å². The molecule has 2 heterocycles. The van der Waals surface area contributed by atoms with Crippen LogP contribution in [0.15, 0.2) is 92.8 Å². The molecule has 2 aromatic carbocycles. The number of Topliss-reactive ketones (excluding diaryl/α,β-unsaturated/α-hetero) is 1. The molecular weight excluding hydrogens is 455 g/mol. The van der Waals surface area contributed by atoms with Gasteiger partial charge in [-0.15, -0.1) is 0 Å². The highest BCUT2D eigenvalue weighted by Crippen LogP contribution is 2.33. The van der Waals surface area contributed by atoms with E-state index in [0.29, 0.717) is 45.9 Å². The lowest BCUT2D eigenvalue weighted by Crippen LogP contribution is -2.12. The number of carbonyl (C=O) groups is 1. The molecule has 2 aromatic heterocycles. The molecule has 0 saturated heterocycles. The van der Waals surface area contributed by atoms with Crippen molar-refractivity contribution in [1.82, 2.24) is 0 Å². The maximum Gasteiger partial charge on any atom is 0.185 e. The second-order valence-electron chi connectivity index (χ2n) is 7.89. The van der Waals surface area contributed by atoms with Gasteiger partial charge in [-0.1, -0.05) is 47.5 Å². The van der Waals surface area contributed by atoms with Crippen LogP contribution in [0.1, 0.15) is 30.8 Å². The first-order valence-corrected chi connectivity index (χ1v) is 11.5. The summed E-state index contributed by atoms with van der Waals surface area (Å²) >= 11 is 12.6. The number of benzene rings is 2. The van der Waals surface area contributed by atoms with E-state index in [9.17, 15) is 4.79 Å². The summed E-state index contributed by atoms with van der Waals surface area (Å²) in [6.07, 6.45) is 5.96. The van der Waals surface area contributed by atoms with E-state index in [0.717, 1.165) is 28.7 Å². The lowest BCUT2D eigenvalue weighted by atomic mass is 9.88. The fourth-order valence-corrected chi connectivity index (χ4v) is 4.45. The molecule has 0 aliphatic heterocycles. The predicted octanol–water partition coefficient (Wildman–Crippen LogP) is 8.73. The minimum Gasteiger partial charge on any atom is -0.457 e. The number of halogens is 2. The third-order valence-electron chi connectivity index (χ3n) is 5.64. The van der Waals surface area contributed by atoms with Crippen LogP contribution in [-0.2, 0) is 4.79 Å². The summed E-state index contributed by atoms with van der Waals surface area (Å²) in [5.41, 5.74) is 3.11. The molecule has 1 fully saturated rings. The minimum absolute atomic E-state index is 0.0210. The Morgan fingerprint density at radius 2 is 1.09 bits per heavy atom. The number of carbonyl (C=O) groups excluding carboxylic acids is 1. The zero-order chi connectivity index (χ0) is 22.8. The Labute approximate surface area is 201 Å². The Morgan fingerprint density at radius 3 is 1.55 bits per heavy atom. The van der Waals surface area contributed by atoms with Crippen molar-refractivity contribution in [3.8, 4) is 22.6 Å². The van der Waals surface area contributed by atoms with Crippen molar-refractivity contribution in [3.63, 3.8) is 0 Å². The molecule has 1 saturated carbocycles. The Bertz CT molecular complexity index is 1280. The van der Waals surface area contributed by atoms with E-state index in [2.05, 4.69) is 0 Å². The number of furan rings is 2. The van der Waals surface area contributed by atoms with Crippen molar-refractivity contribution in [1.29, 1.82) is 0 Å². The van der Waals surface area contributed by atoms with Crippen molar-refractivity contribution < 1.29 is 13.6 Å². The second kappa shape index (κ2) is 9.30. The quantitative estimate of drug-likeness (QED) is 0.277. The van der Waals surface area contributed by atoms with Gasteiger partial charge >= 0.3 is 0 Å². The molecule has 0 spiro atoms. The summed E-state index contributed by atoms with van der Waals surface area (Å²) in [5.74, 6) is 2.64. The lowest BCUT2D eigenvalue weighted by molar-refractivity contribution is -0.112. The van der Waals surface area contributed by atoms with Crippen molar-refractivity contribution in [2.75, 3.05) is 0 Å². The molecule has 1 aliphatic rings. The number of allylic oxidation sites excluding steroid dienone is 2. The first-order chi connectivity index (χ1) is 16.1. The fraction of sp³-hybridized carbons (Fsp3) is 0.107. The molecule has 5 heteroatoms. The van der Waals surface area contributed by atoms with E-state index in [1.807, 2.05) is 84.9 Å². The monoisotopic (exact) mass is 474 g/mol. The van der Waals surface area contributed by atoms with Gasteiger partial charge in [0.15, 0.2) is 5.78 Å². The molecule has 5 rings (SSSR count). The highest BCUT2D eigenvalue weighted by molar-refractivity contribution is 6.33. The second-order valence-corrected chi connectivity index (χ2v) is 8.70. The largest absolute Gasteiger partial charge is 0.457 e. The summed E-state index contributed by atoms with van der Waals surface area (Å²) in [5, 5.41) is 1.25. The van der Waals surface area contributed by atoms with Crippen LogP contribution in [0.25, 0.3) is 34.8 Å². The number of hydrogen-bond acceptors (Lipinski definition) is 3. The van der Waals surface area contributed by atoms with E-state index < -0.39 is 0 Å². The molecule has 164 valence electrons. The average molecular weight is 475 g/mol. The van der Waals surface area contributed by atoms with Crippen molar-refractivity contribution in [2.45, 2.75) is 19.3 Å². The molecule has 0 N–H and O–H groups in total. The van der Waals surface area contributed by atoms with Crippen LogP contribution in [0.4, 0.5) is 0 Å². The van der Waals surface area contributed by atoms with E-state index >= 15 is 0 Å². The Morgan fingerprint density at radius 1 is 0.636 bits per heavy atom. The van der Waals surface area contributed by atoms with Crippen molar-refractivity contribution >= 4 is 41.1 Å². The molecule has 0 atom stereocenters. The van der Waals surface area contributed by atoms with E-state index in [4.69, 9.17) is 32.0 Å². The maximum absolute atomic E-state index is 13.1. The zero-order valence-corrected chi connectivity index (χ0v) is 19.2. The number of rotatable bonds is 4. The molecule has 0 bridgehead atoms. The predicted molar refractivity (Wildman–Crippen MR) is 133 cm³/mol. The van der Waals surface area contributed by atoms with Gasteiger partial charge < -0.3 is 8.83 Å². The van der Waals surface area contributed by atoms with Crippen LogP contribution in [0, 0.1) is 0 Å². The Kier molecular flexibility index (Phi) is 6.08. The molecule has 0 unspecified atom stereocenters. The summed E-state index contributed by atoms with van der Waals surface area (Å²) in [4.78, 5) is 13.1. The highest BCUT2D eigenvalue weighted by Gasteiger charge is 2.22. The van der Waals surface area contributed by atoms with Gasteiger partial charge in [0.25, 0.3) is 0 Å².